The number of hydrogen-bond donors (Lipinski definition) is 0. The van der Waals surface area contributed by atoms with Gasteiger partial charge >= 0.3 is 0 Å². The smallest absolute Gasteiger partial charge is 0.254 e. The Labute approximate surface area is 188 Å². The first kappa shape index (κ1) is 21.9. The molecule has 4 rings (SSSR count). The Kier molecular flexibility index (Phi) is 6.46. The molecule has 1 aliphatic rings. The average molecular weight is 452 g/mol. The maximum Gasteiger partial charge on any atom is 0.254 e. The number of ether oxygens (including phenoxy) is 2. The molecule has 0 radical (unpaired) electrons. The molecule has 0 atom stereocenters. The summed E-state index contributed by atoms with van der Waals surface area (Å²) in [5.41, 5.74) is 2.04. The standard InChI is InChI=1S/C25H25NO5S/c1-2-26(17-21-7-6-10-23-24(21)31-16-15-30-23)25(27)20-13-11-19(12-14-20)18-32(28,29)22-8-4-3-5-9-22/h3-14H,2,15-18H2,1H3. The molecule has 0 saturated carbocycles. The zero-order valence-corrected chi connectivity index (χ0v) is 18.7. The molecule has 0 N–H and O–H groups in total. The molecular weight excluding hydrogens is 426 g/mol. The summed E-state index contributed by atoms with van der Waals surface area (Å²) in [6, 6.07) is 20.8. The molecule has 3 aromatic rings. The summed E-state index contributed by atoms with van der Waals surface area (Å²) in [6.07, 6.45) is 0. The van der Waals surface area contributed by atoms with E-state index in [4.69, 9.17) is 9.47 Å². The number of nitrogens with zero attached hydrogens (tertiary/aromatic N) is 1. The molecule has 7 heteroatoms. The molecule has 166 valence electrons. The number of benzene rings is 3. The molecule has 0 aliphatic carbocycles. The molecule has 0 unspecified atom stereocenters. The number of para-hydroxylation sites is 1. The van der Waals surface area contributed by atoms with Gasteiger partial charge in [0.25, 0.3) is 5.91 Å². The van der Waals surface area contributed by atoms with Crippen molar-refractivity contribution in [1.29, 1.82) is 0 Å². The lowest BCUT2D eigenvalue weighted by molar-refractivity contribution is 0.0749. The Balaban J connectivity index is 1.48. The summed E-state index contributed by atoms with van der Waals surface area (Å²) in [4.78, 5) is 15.1. The average Bonchev–Trinajstić information content (AvgIpc) is 2.83. The van der Waals surface area contributed by atoms with E-state index in [1.165, 1.54) is 0 Å². The van der Waals surface area contributed by atoms with E-state index in [0.29, 0.717) is 48.9 Å². The number of carbonyl (C=O) groups excluding carboxylic acids is 1. The summed E-state index contributed by atoms with van der Waals surface area (Å²) in [5, 5.41) is 0. The van der Waals surface area contributed by atoms with Crippen LogP contribution in [0.3, 0.4) is 0 Å². The first-order valence-electron chi connectivity index (χ1n) is 10.5. The van der Waals surface area contributed by atoms with Gasteiger partial charge in [-0.2, -0.15) is 0 Å². The van der Waals surface area contributed by atoms with E-state index in [9.17, 15) is 13.2 Å². The number of rotatable bonds is 7. The van der Waals surface area contributed by atoms with Crippen molar-refractivity contribution in [2.45, 2.75) is 24.1 Å². The SMILES string of the molecule is CCN(Cc1cccc2c1OCCO2)C(=O)c1ccc(CS(=O)(=O)c2ccccc2)cc1. The maximum absolute atomic E-state index is 13.1. The van der Waals surface area contributed by atoms with Gasteiger partial charge in [0, 0.05) is 24.2 Å². The van der Waals surface area contributed by atoms with Gasteiger partial charge in [0.2, 0.25) is 0 Å². The molecule has 0 spiro atoms. The quantitative estimate of drug-likeness (QED) is 0.541. The van der Waals surface area contributed by atoms with Crippen LogP contribution in [0.2, 0.25) is 0 Å². The van der Waals surface area contributed by atoms with Crippen molar-refractivity contribution in [3.8, 4) is 11.5 Å². The van der Waals surface area contributed by atoms with Crippen LogP contribution in [0.15, 0.2) is 77.7 Å². The summed E-state index contributed by atoms with van der Waals surface area (Å²) in [6.45, 7) is 3.83. The minimum Gasteiger partial charge on any atom is -0.486 e. The fourth-order valence-electron chi connectivity index (χ4n) is 3.65. The summed E-state index contributed by atoms with van der Waals surface area (Å²) < 4.78 is 36.6. The van der Waals surface area contributed by atoms with E-state index < -0.39 is 9.84 Å². The monoisotopic (exact) mass is 451 g/mol. The largest absolute Gasteiger partial charge is 0.486 e. The van der Waals surface area contributed by atoms with Crippen molar-refractivity contribution >= 4 is 15.7 Å². The van der Waals surface area contributed by atoms with Gasteiger partial charge in [-0.15, -0.1) is 0 Å². The van der Waals surface area contributed by atoms with Gasteiger partial charge in [-0.1, -0.05) is 42.5 Å². The summed E-state index contributed by atoms with van der Waals surface area (Å²) in [7, 11) is -3.44. The van der Waals surface area contributed by atoms with E-state index in [-0.39, 0.29) is 16.6 Å². The molecule has 32 heavy (non-hydrogen) atoms. The third-order valence-electron chi connectivity index (χ3n) is 5.34. The Hall–Kier alpha value is -3.32. The molecule has 6 nitrogen and oxygen atoms in total. The maximum atomic E-state index is 13.1. The Morgan fingerprint density at radius 2 is 1.62 bits per heavy atom. The number of sulfone groups is 1. The fraction of sp³-hybridized carbons (Fsp3) is 0.240. The Bertz CT molecular complexity index is 1190. The highest BCUT2D eigenvalue weighted by molar-refractivity contribution is 7.90. The van der Waals surface area contributed by atoms with Crippen LogP contribution < -0.4 is 9.47 Å². The second kappa shape index (κ2) is 9.44. The first-order valence-corrected chi connectivity index (χ1v) is 12.2. The van der Waals surface area contributed by atoms with Crippen molar-refractivity contribution in [3.63, 3.8) is 0 Å². The van der Waals surface area contributed by atoms with Gasteiger partial charge < -0.3 is 14.4 Å². The number of hydrogen-bond acceptors (Lipinski definition) is 5. The van der Waals surface area contributed by atoms with Crippen LogP contribution in [0.25, 0.3) is 0 Å². The van der Waals surface area contributed by atoms with E-state index >= 15 is 0 Å². The summed E-state index contributed by atoms with van der Waals surface area (Å²) in [5.74, 6) is 1.14. The lowest BCUT2D eigenvalue weighted by Gasteiger charge is -2.25. The van der Waals surface area contributed by atoms with Gasteiger partial charge in [0.15, 0.2) is 21.3 Å². The van der Waals surface area contributed by atoms with Crippen LogP contribution in [0.4, 0.5) is 0 Å². The van der Waals surface area contributed by atoms with Crippen LogP contribution in [0.5, 0.6) is 11.5 Å². The molecule has 1 heterocycles. The van der Waals surface area contributed by atoms with E-state index in [2.05, 4.69) is 0 Å². The lowest BCUT2D eigenvalue weighted by atomic mass is 10.1. The topological polar surface area (TPSA) is 72.9 Å². The van der Waals surface area contributed by atoms with Crippen molar-refractivity contribution in [1.82, 2.24) is 4.90 Å². The van der Waals surface area contributed by atoms with Crippen LogP contribution >= 0.6 is 0 Å². The minimum atomic E-state index is -3.44. The highest BCUT2D eigenvalue weighted by Crippen LogP contribution is 2.34. The molecule has 3 aromatic carbocycles. The van der Waals surface area contributed by atoms with Crippen LogP contribution in [0, 0.1) is 0 Å². The molecule has 0 aromatic heterocycles. The number of amides is 1. The van der Waals surface area contributed by atoms with E-state index in [1.54, 1.807) is 59.5 Å². The number of carbonyl (C=O) groups is 1. The minimum absolute atomic E-state index is 0.115. The second-order valence-corrected chi connectivity index (χ2v) is 9.52. The van der Waals surface area contributed by atoms with E-state index in [0.717, 1.165) is 5.56 Å². The molecule has 0 saturated heterocycles. The normalized spacial score (nSPS) is 12.9. The molecule has 1 aliphatic heterocycles. The van der Waals surface area contributed by atoms with Crippen LogP contribution in [-0.4, -0.2) is 39.0 Å². The fourth-order valence-corrected chi connectivity index (χ4v) is 5.02. The van der Waals surface area contributed by atoms with Gasteiger partial charge in [0.05, 0.1) is 10.6 Å². The zero-order chi connectivity index (χ0) is 22.6. The van der Waals surface area contributed by atoms with Crippen LogP contribution in [0.1, 0.15) is 28.4 Å². The molecule has 0 bridgehead atoms. The van der Waals surface area contributed by atoms with Gasteiger partial charge in [0.1, 0.15) is 13.2 Å². The van der Waals surface area contributed by atoms with Crippen molar-refractivity contribution < 1.29 is 22.7 Å². The van der Waals surface area contributed by atoms with Gasteiger partial charge in [-0.3, -0.25) is 4.79 Å². The molecule has 0 fully saturated rings. The number of fused-ring (bicyclic) bond motifs is 1. The molecular formula is C25H25NO5S. The lowest BCUT2D eigenvalue weighted by Crippen LogP contribution is -2.31. The Morgan fingerprint density at radius 3 is 2.34 bits per heavy atom. The highest BCUT2D eigenvalue weighted by Gasteiger charge is 2.21. The predicted octanol–water partition coefficient (Wildman–Crippen LogP) is 4.09. The highest BCUT2D eigenvalue weighted by atomic mass is 32.2. The van der Waals surface area contributed by atoms with Crippen molar-refractivity contribution in [3.05, 3.63) is 89.5 Å². The van der Waals surface area contributed by atoms with E-state index in [1.807, 2.05) is 25.1 Å². The van der Waals surface area contributed by atoms with Gasteiger partial charge in [-0.05, 0) is 42.8 Å². The third kappa shape index (κ3) is 4.78. The Morgan fingerprint density at radius 1 is 0.906 bits per heavy atom. The van der Waals surface area contributed by atoms with Crippen LogP contribution in [-0.2, 0) is 22.1 Å². The molecule has 1 amide bonds. The van der Waals surface area contributed by atoms with Crippen molar-refractivity contribution in [2.24, 2.45) is 0 Å². The van der Waals surface area contributed by atoms with Crippen molar-refractivity contribution in [2.75, 3.05) is 19.8 Å². The first-order chi connectivity index (χ1) is 15.5. The zero-order valence-electron chi connectivity index (χ0n) is 17.9. The second-order valence-electron chi connectivity index (χ2n) is 7.53. The third-order valence-corrected chi connectivity index (χ3v) is 7.04. The predicted molar refractivity (Wildman–Crippen MR) is 122 cm³/mol. The van der Waals surface area contributed by atoms with Gasteiger partial charge in [-0.25, -0.2) is 8.42 Å². The summed E-state index contributed by atoms with van der Waals surface area (Å²) >= 11 is 0.